The molecule has 0 spiro atoms. The summed E-state index contributed by atoms with van der Waals surface area (Å²) in [7, 11) is 1.66. The predicted molar refractivity (Wildman–Crippen MR) is 109 cm³/mol. The van der Waals surface area contributed by atoms with E-state index in [1.54, 1.807) is 7.11 Å². The second-order valence-corrected chi connectivity index (χ2v) is 7.46. The number of carbonyl (C=O) groups is 1. The van der Waals surface area contributed by atoms with Crippen molar-refractivity contribution in [2.24, 2.45) is 5.92 Å². The van der Waals surface area contributed by atoms with Gasteiger partial charge in [0.2, 0.25) is 5.91 Å². The lowest BCUT2D eigenvalue weighted by Gasteiger charge is -2.32. The van der Waals surface area contributed by atoms with E-state index >= 15 is 0 Å². The van der Waals surface area contributed by atoms with Gasteiger partial charge in [0.05, 0.1) is 13.0 Å². The molecule has 1 saturated heterocycles. The van der Waals surface area contributed by atoms with Gasteiger partial charge in [-0.2, -0.15) is 0 Å². The molecule has 1 aliphatic heterocycles. The molecule has 2 aromatic rings. The zero-order chi connectivity index (χ0) is 19.1. The van der Waals surface area contributed by atoms with Crippen molar-refractivity contribution < 1.29 is 9.53 Å². The maximum Gasteiger partial charge on any atom is 0.224 e. The monoisotopic (exact) mass is 386 g/mol. The Morgan fingerprint density at radius 2 is 2.00 bits per heavy atom. The fourth-order valence-electron chi connectivity index (χ4n) is 3.55. The van der Waals surface area contributed by atoms with Crippen molar-refractivity contribution in [2.45, 2.75) is 25.8 Å². The number of ether oxygens (including phenoxy) is 1. The summed E-state index contributed by atoms with van der Waals surface area (Å²) in [5, 5.41) is 3.90. The van der Waals surface area contributed by atoms with Crippen LogP contribution in [0.1, 0.15) is 24.0 Å². The Bertz CT molecular complexity index is 748. The van der Waals surface area contributed by atoms with E-state index in [0.717, 1.165) is 55.2 Å². The van der Waals surface area contributed by atoms with Crippen molar-refractivity contribution in [3.05, 3.63) is 64.7 Å². The number of rotatable bonds is 7. The van der Waals surface area contributed by atoms with Crippen LogP contribution in [0.25, 0.3) is 0 Å². The Balaban J connectivity index is 1.45. The quantitative estimate of drug-likeness (QED) is 0.784. The van der Waals surface area contributed by atoms with Crippen LogP contribution in [0.3, 0.4) is 0 Å². The van der Waals surface area contributed by atoms with Crippen LogP contribution in [-0.4, -0.2) is 37.6 Å². The van der Waals surface area contributed by atoms with E-state index in [-0.39, 0.29) is 11.8 Å². The fourth-order valence-corrected chi connectivity index (χ4v) is 3.74. The first-order valence-electron chi connectivity index (χ1n) is 9.52. The molecular formula is C22H27ClN2O2. The van der Waals surface area contributed by atoms with Gasteiger partial charge in [-0.1, -0.05) is 41.9 Å². The zero-order valence-corrected chi connectivity index (χ0v) is 16.5. The number of hydrogen-bond donors (Lipinski definition) is 1. The topological polar surface area (TPSA) is 41.6 Å². The van der Waals surface area contributed by atoms with Crippen LogP contribution in [0, 0.1) is 5.92 Å². The maximum absolute atomic E-state index is 12.6. The average Bonchev–Trinajstić information content (AvgIpc) is 2.70. The van der Waals surface area contributed by atoms with Crippen LogP contribution in [0.2, 0.25) is 5.02 Å². The summed E-state index contributed by atoms with van der Waals surface area (Å²) in [6, 6.07) is 15.9. The molecule has 0 aliphatic carbocycles. The highest BCUT2D eigenvalue weighted by Gasteiger charge is 2.25. The normalized spacial score (nSPS) is 17.5. The third kappa shape index (κ3) is 5.72. The van der Waals surface area contributed by atoms with E-state index in [4.69, 9.17) is 16.3 Å². The van der Waals surface area contributed by atoms with Crippen LogP contribution in [0.15, 0.2) is 48.5 Å². The van der Waals surface area contributed by atoms with Gasteiger partial charge in [0.25, 0.3) is 0 Å². The van der Waals surface area contributed by atoms with Crippen molar-refractivity contribution >= 4 is 17.5 Å². The minimum atomic E-state index is 0.0529. The van der Waals surface area contributed by atoms with Gasteiger partial charge >= 0.3 is 0 Å². The maximum atomic E-state index is 12.6. The molecule has 2 aromatic carbocycles. The van der Waals surface area contributed by atoms with Gasteiger partial charge < -0.3 is 10.1 Å². The molecule has 0 unspecified atom stereocenters. The number of methoxy groups -OCH3 is 1. The number of nitrogens with zero attached hydrogens (tertiary/aromatic N) is 1. The van der Waals surface area contributed by atoms with Gasteiger partial charge in [0.15, 0.2) is 0 Å². The molecule has 1 heterocycles. The van der Waals surface area contributed by atoms with Gasteiger partial charge in [-0.3, -0.25) is 9.69 Å². The van der Waals surface area contributed by atoms with Crippen molar-refractivity contribution in [1.82, 2.24) is 10.2 Å². The lowest BCUT2D eigenvalue weighted by Crippen LogP contribution is -2.43. The molecule has 27 heavy (non-hydrogen) atoms. The first kappa shape index (κ1) is 19.7. The molecule has 1 fully saturated rings. The molecule has 0 radical (unpaired) electrons. The van der Waals surface area contributed by atoms with Crippen LogP contribution in [0.4, 0.5) is 0 Å². The second-order valence-electron chi connectivity index (χ2n) is 7.05. The van der Waals surface area contributed by atoms with E-state index in [1.165, 1.54) is 5.56 Å². The highest BCUT2D eigenvalue weighted by atomic mass is 35.5. The summed E-state index contributed by atoms with van der Waals surface area (Å²) in [4.78, 5) is 14.9. The van der Waals surface area contributed by atoms with E-state index in [9.17, 15) is 4.79 Å². The number of piperidine rings is 1. The van der Waals surface area contributed by atoms with Gasteiger partial charge in [-0.15, -0.1) is 0 Å². The lowest BCUT2D eigenvalue weighted by atomic mass is 9.96. The molecule has 1 aliphatic rings. The molecule has 1 atom stereocenters. The minimum absolute atomic E-state index is 0.0529. The first-order chi connectivity index (χ1) is 13.2. The third-order valence-electron chi connectivity index (χ3n) is 5.10. The average molecular weight is 387 g/mol. The number of carbonyl (C=O) groups excluding carboxylic acids is 1. The molecule has 0 bridgehead atoms. The van der Waals surface area contributed by atoms with Crippen molar-refractivity contribution in [1.29, 1.82) is 0 Å². The number of halogens is 1. The summed E-state index contributed by atoms with van der Waals surface area (Å²) in [6.07, 6.45) is 2.82. The number of amides is 1. The SMILES string of the molecule is COc1ccc(CCNC(=O)[C@H]2CCCN(Cc3ccccc3Cl)C2)cc1. The van der Waals surface area contributed by atoms with Crippen molar-refractivity contribution in [2.75, 3.05) is 26.7 Å². The van der Waals surface area contributed by atoms with Gasteiger partial charge in [-0.05, 0) is 55.1 Å². The van der Waals surface area contributed by atoms with E-state index in [2.05, 4.69) is 16.3 Å². The molecule has 3 rings (SSSR count). The smallest absolute Gasteiger partial charge is 0.224 e. The van der Waals surface area contributed by atoms with Crippen LogP contribution >= 0.6 is 11.6 Å². The molecular weight excluding hydrogens is 360 g/mol. The van der Waals surface area contributed by atoms with Gasteiger partial charge in [-0.25, -0.2) is 0 Å². The summed E-state index contributed by atoms with van der Waals surface area (Å²) in [5.41, 5.74) is 2.32. The summed E-state index contributed by atoms with van der Waals surface area (Å²) in [5.74, 6) is 1.06. The highest BCUT2D eigenvalue weighted by molar-refractivity contribution is 6.31. The molecule has 1 amide bonds. The third-order valence-corrected chi connectivity index (χ3v) is 5.47. The Labute approximate surface area is 166 Å². The molecule has 1 N–H and O–H groups in total. The minimum Gasteiger partial charge on any atom is -0.497 e. The van der Waals surface area contributed by atoms with Crippen LogP contribution in [0.5, 0.6) is 5.75 Å². The number of likely N-dealkylation sites (tertiary alicyclic amines) is 1. The Kier molecular flexibility index (Phi) is 7.13. The summed E-state index contributed by atoms with van der Waals surface area (Å²) >= 11 is 6.27. The number of nitrogens with one attached hydrogen (secondary N) is 1. The van der Waals surface area contributed by atoms with Crippen molar-refractivity contribution in [3.63, 3.8) is 0 Å². The lowest BCUT2D eigenvalue weighted by molar-refractivity contribution is -0.126. The second kappa shape index (κ2) is 9.77. The van der Waals surface area contributed by atoms with Gasteiger partial charge in [0, 0.05) is 24.7 Å². The number of hydrogen-bond acceptors (Lipinski definition) is 3. The fraction of sp³-hybridized carbons (Fsp3) is 0.409. The molecule has 5 heteroatoms. The Morgan fingerprint density at radius 3 is 2.74 bits per heavy atom. The number of benzene rings is 2. The Hall–Kier alpha value is -2.04. The predicted octanol–water partition coefficient (Wildman–Crippen LogP) is 3.92. The zero-order valence-electron chi connectivity index (χ0n) is 15.8. The largest absolute Gasteiger partial charge is 0.497 e. The molecule has 4 nitrogen and oxygen atoms in total. The summed E-state index contributed by atoms with van der Waals surface area (Å²) in [6.45, 7) is 3.27. The summed E-state index contributed by atoms with van der Waals surface area (Å²) < 4.78 is 5.17. The van der Waals surface area contributed by atoms with E-state index in [0.29, 0.717) is 6.54 Å². The van der Waals surface area contributed by atoms with E-state index < -0.39 is 0 Å². The first-order valence-corrected chi connectivity index (χ1v) is 9.90. The standard InChI is InChI=1S/C22H27ClN2O2/c1-27-20-10-8-17(9-11-20)12-13-24-22(26)19-6-4-14-25(16-19)15-18-5-2-3-7-21(18)23/h2-3,5,7-11,19H,4,6,12-16H2,1H3,(H,24,26)/t19-/m0/s1. The Morgan fingerprint density at radius 1 is 1.22 bits per heavy atom. The van der Waals surface area contributed by atoms with E-state index in [1.807, 2.05) is 42.5 Å². The highest BCUT2D eigenvalue weighted by Crippen LogP contribution is 2.22. The van der Waals surface area contributed by atoms with Crippen LogP contribution in [-0.2, 0) is 17.8 Å². The molecule has 144 valence electrons. The van der Waals surface area contributed by atoms with Crippen LogP contribution < -0.4 is 10.1 Å². The molecule has 0 saturated carbocycles. The van der Waals surface area contributed by atoms with Crippen molar-refractivity contribution in [3.8, 4) is 5.75 Å². The molecule has 0 aromatic heterocycles. The van der Waals surface area contributed by atoms with Gasteiger partial charge in [0.1, 0.15) is 5.75 Å².